The van der Waals surface area contributed by atoms with E-state index in [1.807, 2.05) is 13.8 Å². The lowest BCUT2D eigenvalue weighted by Gasteiger charge is -2.14. The van der Waals surface area contributed by atoms with Gasteiger partial charge in [0.25, 0.3) is 0 Å². The molecule has 15 heavy (non-hydrogen) atoms. The van der Waals surface area contributed by atoms with Gasteiger partial charge in [0, 0.05) is 0 Å². The Morgan fingerprint density at radius 3 is 2.67 bits per heavy atom. The van der Waals surface area contributed by atoms with Crippen LogP contribution in [0.2, 0.25) is 0 Å². The number of halogens is 1. The van der Waals surface area contributed by atoms with Crippen molar-refractivity contribution in [2.45, 2.75) is 44.8 Å². The molecule has 0 fully saturated rings. The Kier molecular flexibility index (Phi) is 10.1. The standard InChI is InChI=1S/C11H21FO2S/c1-3-6-10(15-9-5-7-12)11(13)14-8-4-2/h10H,3-9H2,1-2H3. The molecule has 0 aliphatic rings. The monoisotopic (exact) mass is 236 g/mol. The van der Waals surface area contributed by atoms with Crippen LogP contribution in [0.1, 0.15) is 39.5 Å². The van der Waals surface area contributed by atoms with Crippen LogP contribution in [-0.4, -0.2) is 30.3 Å². The van der Waals surface area contributed by atoms with Crippen LogP contribution >= 0.6 is 11.8 Å². The highest BCUT2D eigenvalue weighted by atomic mass is 32.2. The molecule has 0 radical (unpaired) electrons. The Morgan fingerprint density at radius 1 is 1.40 bits per heavy atom. The second-order valence-corrected chi connectivity index (χ2v) is 4.67. The number of carbonyl (C=O) groups is 1. The molecule has 2 nitrogen and oxygen atoms in total. The van der Waals surface area contributed by atoms with Crippen LogP contribution in [0.4, 0.5) is 4.39 Å². The van der Waals surface area contributed by atoms with Gasteiger partial charge < -0.3 is 4.74 Å². The zero-order valence-corrected chi connectivity index (χ0v) is 10.4. The van der Waals surface area contributed by atoms with Crippen LogP contribution in [-0.2, 0) is 9.53 Å². The molecule has 0 bridgehead atoms. The zero-order chi connectivity index (χ0) is 11.5. The first-order chi connectivity index (χ1) is 7.26. The molecule has 0 spiro atoms. The molecule has 0 amide bonds. The lowest BCUT2D eigenvalue weighted by Crippen LogP contribution is -2.21. The summed E-state index contributed by atoms with van der Waals surface area (Å²) in [6, 6.07) is 0. The molecule has 0 heterocycles. The van der Waals surface area contributed by atoms with E-state index in [0.29, 0.717) is 18.8 Å². The van der Waals surface area contributed by atoms with Gasteiger partial charge in [0.1, 0.15) is 5.25 Å². The number of thioether (sulfide) groups is 1. The summed E-state index contributed by atoms with van der Waals surface area (Å²) < 4.78 is 17.0. The highest BCUT2D eigenvalue weighted by molar-refractivity contribution is 8.00. The number of hydrogen-bond donors (Lipinski definition) is 0. The Bertz CT molecular complexity index is 165. The van der Waals surface area contributed by atoms with Gasteiger partial charge in [-0.1, -0.05) is 20.3 Å². The predicted molar refractivity (Wildman–Crippen MR) is 63.0 cm³/mol. The number of carbonyl (C=O) groups excluding carboxylic acids is 1. The van der Waals surface area contributed by atoms with Gasteiger partial charge in [-0.25, -0.2) is 0 Å². The van der Waals surface area contributed by atoms with Crippen LogP contribution < -0.4 is 0 Å². The van der Waals surface area contributed by atoms with E-state index in [1.54, 1.807) is 0 Å². The Hall–Kier alpha value is -0.250. The Morgan fingerprint density at radius 2 is 2.13 bits per heavy atom. The molecule has 0 saturated heterocycles. The molecule has 0 aromatic carbocycles. The molecule has 0 N–H and O–H groups in total. The lowest BCUT2D eigenvalue weighted by molar-refractivity contribution is -0.143. The molecule has 4 heteroatoms. The van der Waals surface area contributed by atoms with Crippen molar-refractivity contribution in [3.8, 4) is 0 Å². The first kappa shape index (κ1) is 14.8. The molecular weight excluding hydrogens is 215 g/mol. The van der Waals surface area contributed by atoms with E-state index < -0.39 is 0 Å². The molecule has 0 rings (SSSR count). The summed E-state index contributed by atoms with van der Waals surface area (Å²) in [4.78, 5) is 11.5. The van der Waals surface area contributed by atoms with Gasteiger partial charge in [-0.3, -0.25) is 9.18 Å². The zero-order valence-electron chi connectivity index (χ0n) is 9.63. The molecule has 90 valence electrons. The van der Waals surface area contributed by atoms with Crippen molar-refractivity contribution in [3.63, 3.8) is 0 Å². The summed E-state index contributed by atoms with van der Waals surface area (Å²) in [5.74, 6) is 0.560. The van der Waals surface area contributed by atoms with Crippen molar-refractivity contribution < 1.29 is 13.9 Å². The van der Waals surface area contributed by atoms with Gasteiger partial charge in [-0.2, -0.15) is 0 Å². The summed E-state index contributed by atoms with van der Waals surface area (Å²) in [6.07, 6.45) is 3.14. The number of rotatable bonds is 9. The van der Waals surface area contributed by atoms with Crippen molar-refractivity contribution in [2.75, 3.05) is 19.0 Å². The summed E-state index contributed by atoms with van der Waals surface area (Å²) in [6.45, 7) is 4.19. The fourth-order valence-corrected chi connectivity index (χ4v) is 2.27. The summed E-state index contributed by atoms with van der Waals surface area (Å²) >= 11 is 1.51. The van der Waals surface area contributed by atoms with Gasteiger partial charge in [0.15, 0.2) is 0 Å². The molecule has 0 aliphatic heterocycles. The number of ether oxygens (including phenoxy) is 1. The minimum Gasteiger partial charge on any atom is -0.465 e. The fraction of sp³-hybridized carbons (Fsp3) is 0.909. The van der Waals surface area contributed by atoms with Crippen LogP contribution in [0, 0.1) is 0 Å². The van der Waals surface area contributed by atoms with Gasteiger partial charge in [-0.05, 0) is 25.0 Å². The van der Waals surface area contributed by atoms with Gasteiger partial charge in [0.05, 0.1) is 13.3 Å². The van der Waals surface area contributed by atoms with Crippen molar-refractivity contribution in [2.24, 2.45) is 0 Å². The van der Waals surface area contributed by atoms with E-state index in [2.05, 4.69) is 0 Å². The number of hydrogen-bond acceptors (Lipinski definition) is 3. The van der Waals surface area contributed by atoms with Crippen molar-refractivity contribution in [1.82, 2.24) is 0 Å². The smallest absolute Gasteiger partial charge is 0.319 e. The maximum absolute atomic E-state index is 11.9. The number of esters is 1. The normalized spacial score (nSPS) is 12.5. The van der Waals surface area contributed by atoms with Crippen molar-refractivity contribution in [3.05, 3.63) is 0 Å². The van der Waals surface area contributed by atoms with E-state index in [4.69, 9.17) is 4.74 Å². The van der Waals surface area contributed by atoms with Crippen molar-refractivity contribution in [1.29, 1.82) is 0 Å². The van der Waals surface area contributed by atoms with E-state index >= 15 is 0 Å². The summed E-state index contributed by atoms with van der Waals surface area (Å²) in [5.41, 5.74) is 0. The van der Waals surface area contributed by atoms with Crippen molar-refractivity contribution >= 4 is 17.7 Å². The topological polar surface area (TPSA) is 26.3 Å². The second-order valence-electron chi connectivity index (χ2n) is 3.36. The first-order valence-electron chi connectivity index (χ1n) is 5.60. The molecule has 1 unspecified atom stereocenters. The SMILES string of the molecule is CCCOC(=O)C(CCC)SCCCF. The highest BCUT2D eigenvalue weighted by Crippen LogP contribution is 2.19. The maximum atomic E-state index is 11.9. The van der Waals surface area contributed by atoms with Gasteiger partial charge >= 0.3 is 5.97 Å². The van der Waals surface area contributed by atoms with E-state index in [-0.39, 0.29) is 17.9 Å². The van der Waals surface area contributed by atoms with Crippen LogP contribution in [0.25, 0.3) is 0 Å². The molecule has 1 atom stereocenters. The average molecular weight is 236 g/mol. The van der Waals surface area contributed by atoms with E-state index in [0.717, 1.165) is 19.3 Å². The minimum absolute atomic E-state index is 0.104. The molecule has 0 aliphatic carbocycles. The fourth-order valence-electron chi connectivity index (χ4n) is 1.11. The largest absolute Gasteiger partial charge is 0.465 e. The third kappa shape index (κ3) is 7.65. The second kappa shape index (κ2) is 10.3. The number of alkyl halides is 1. The third-order valence-electron chi connectivity index (χ3n) is 1.86. The molecule has 0 aromatic rings. The summed E-state index contributed by atoms with van der Waals surface area (Å²) in [7, 11) is 0. The average Bonchev–Trinajstić information content (AvgIpc) is 2.25. The molecule has 0 aromatic heterocycles. The van der Waals surface area contributed by atoms with E-state index in [9.17, 15) is 9.18 Å². The summed E-state index contributed by atoms with van der Waals surface area (Å²) in [5, 5.41) is -0.104. The van der Waals surface area contributed by atoms with Crippen LogP contribution in [0.5, 0.6) is 0 Å². The maximum Gasteiger partial charge on any atom is 0.319 e. The first-order valence-corrected chi connectivity index (χ1v) is 6.65. The molecular formula is C11H21FO2S. The van der Waals surface area contributed by atoms with Crippen LogP contribution in [0.3, 0.4) is 0 Å². The lowest BCUT2D eigenvalue weighted by atomic mass is 10.2. The molecule has 0 saturated carbocycles. The highest BCUT2D eigenvalue weighted by Gasteiger charge is 2.18. The Labute approximate surface area is 96.0 Å². The minimum atomic E-state index is -0.310. The van der Waals surface area contributed by atoms with E-state index in [1.165, 1.54) is 11.8 Å². The van der Waals surface area contributed by atoms with Gasteiger partial charge in [0.2, 0.25) is 0 Å². The quantitative estimate of drug-likeness (QED) is 0.454. The Balaban J connectivity index is 3.83. The van der Waals surface area contributed by atoms with Gasteiger partial charge in [-0.15, -0.1) is 11.8 Å². The predicted octanol–water partition coefficient (Wildman–Crippen LogP) is 3.20. The third-order valence-corrected chi connectivity index (χ3v) is 3.21. The van der Waals surface area contributed by atoms with Crippen LogP contribution in [0.15, 0.2) is 0 Å².